The highest BCUT2D eigenvalue weighted by atomic mass is 16.2. The Kier molecular flexibility index (Phi) is 8.31. The number of aromatic nitrogens is 3. The van der Waals surface area contributed by atoms with Crippen molar-refractivity contribution in [2.24, 2.45) is 21.5 Å². The number of amidine groups is 2. The highest BCUT2D eigenvalue weighted by Crippen LogP contribution is 2.34. The molecule has 11 nitrogen and oxygen atoms in total. The lowest BCUT2D eigenvalue weighted by atomic mass is 9.99. The van der Waals surface area contributed by atoms with Gasteiger partial charge in [-0.15, -0.1) is 0 Å². The van der Waals surface area contributed by atoms with E-state index >= 15 is 0 Å². The van der Waals surface area contributed by atoms with Crippen LogP contribution in [-0.2, 0) is 0 Å². The third-order valence-corrected chi connectivity index (χ3v) is 8.51. The third kappa shape index (κ3) is 6.59. The average Bonchev–Trinajstić information content (AvgIpc) is 3.82. The number of aliphatic imine (C=N–C) groups is 2. The number of hydrogen-bond donors (Lipinski definition) is 7. The summed E-state index contributed by atoms with van der Waals surface area (Å²) in [7, 11) is 0. The van der Waals surface area contributed by atoms with Gasteiger partial charge in [-0.05, 0) is 96.8 Å². The summed E-state index contributed by atoms with van der Waals surface area (Å²) in [6.07, 6.45) is 0. The van der Waals surface area contributed by atoms with Crippen molar-refractivity contribution < 1.29 is 9.59 Å². The summed E-state index contributed by atoms with van der Waals surface area (Å²) in [5.74, 6) is 0.625. The Morgan fingerprint density at radius 1 is 0.551 bits per heavy atom. The Hall–Kier alpha value is -6.36. The van der Waals surface area contributed by atoms with Crippen molar-refractivity contribution in [3.63, 3.8) is 0 Å². The van der Waals surface area contributed by atoms with Crippen molar-refractivity contribution >= 4 is 67.1 Å². The molecule has 0 fully saturated rings. The number of fused-ring (bicyclic) bond motifs is 5. The first-order chi connectivity index (χ1) is 23.7. The molecule has 0 saturated carbocycles. The standard InChI is InChI=1S/C38H37N9O2/c1-21(39)41-11-13-43-37(48)35-19-27-15-23(3-7-31(27)45-35)25-5-9-33-29(17-25)30-18-26(6-10-34(30)47-33)24-4-8-32-28(16-24)20-36(46-32)38(49)44-14-12-42-22(2)40/h3-10,15-20,45-47H,11-14H2,1-2H3,(H2,39,41)(H2,40,42)(H,43,48)(H,44,49). The molecule has 0 spiro atoms. The Bertz CT molecular complexity index is 2270. The van der Waals surface area contributed by atoms with Gasteiger partial charge in [-0.2, -0.15) is 0 Å². The van der Waals surface area contributed by atoms with Gasteiger partial charge in [-0.1, -0.05) is 24.3 Å². The molecule has 4 aromatic carbocycles. The van der Waals surface area contributed by atoms with Crippen molar-refractivity contribution in [2.45, 2.75) is 13.8 Å². The van der Waals surface area contributed by atoms with E-state index in [0.29, 0.717) is 49.2 Å². The fourth-order valence-corrected chi connectivity index (χ4v) is 6.12. The maximum Gasteiger partial charge on any atom is 0.267 e. The fourth-order valence-electron chi connectivity index (χ4n) is 6.12. The number of amides is 2. The highest BCUT2D eigenvalue weighted by Gasteiger charge is 2.13. The van der Waals surface area contributed by atoms with Crippen molar-refractivity contribution in [2.75, 3.05) is 26.2 Å². The van der Waals surface area contributed by atoms with E-state index < -0.39 is 0 Å². The number of H-pyrrole nitrogens is 3. The van der Waals surface area contributed by atoms with Gasteiger partial charge in [0, 0.05) is 56.7 Å². The molecule has 2 amide bonds. The van der Waals surface area contributed by atoms with E-state index in [1.54, 1.807) is 13.8 Å². The number of benzene rings is 4. The summed E-state index contributed by atoms with van der Waals surface area (Å²) < 4.78 is 0. The monoisotopic (exact) mass is 651 g/mol. The summed E-state index contributed by atoms with van der Waals surface area (Å²) in [6, 6.07) is 28.9. The van der Waals surface area contributed by atoms with Crippen LogP contribution in [0.4, 0.5) is 0 Å². The summed E-state index contributed by atoms with van der Waals surface area (Å²) in [5, 5.41) is 9.90. The number of hydrogen-bond acceptors (Lipinski definition) is 4. The molecule has 246 valence electrons. The third-order valence-electron chi connectivity index (χ3n) is 8.51. The van der Waals surface area contributed by atoms with Gasteiger partial charge >= 0.3 is 0 Å². The predicted molar refractivity (Wildman–Crippen MR) is 199 cm³/mol. The first kappa shape index (κ1) is 31.3. The van der Waals surface area contributed by atoms with Crippen LogP contribution in [0.5, 0.6) is 0 Å². The molecular formula is C38H37N9O2. The highest BCUT2D eigenvalue weighted by molar-refractivity contribution is 6.10. The van der Waals surface area contributed by atoms with Crippen molar-refractivity contribution in [3.8, 4) is 22.3 Å². The Morgan fingerprint density at radius 2 is 0.939 bits per heavy atom. The van der Waals surface area contributed by atoms with Crippen molar-refractivity contribution in [3.05, 3.63) is 96.3 Å². The minimum atomic E-state index is -0.181. The molecule has 7 rings (SSSR count). The van der Waals surface area contributed by atoms with Gasteiger partial charge in [0.25, 0.3) is 11.8 Å². The second kappa shape index (κ2) is 13.0. The molecule has 11 heteroatoms. The molecule has 0 radical (unpaired) electrons. The normalized spacial score (nSPS) is 12.4. The number of rotatable bonds is 10. The molecule has 0 bridgehead atoms. The lowest BCUT2D eigenvalue weighted by Crippen LogP contribution is -2.26. The van der Waals surface area contributed by atoms with E-state index in [0.717, 1.165) is 65.9 Å². The zero-order valence-corrected chi connectivity index (χ0v) is 27.3. The maximum atomic E-state index is 12.7. The molecule has 7 aromatic rings. The zero-order valence-electron chi connectivity index (χ0n) is 27.3. The lowest BCUT2D eigenvalue weighted by Gasteiger charge is -2.04. The van der Waals surface area contributed by atoms with E-state index in [4.69, 9.17) is 11.5 Å². The first-order valence-corrected chi connectivity index (χ1v) is 16.1. The zero-order chi connectivity index (χ0) is 34.1. The second-order valence-electron chi connectivity index (χ2n) is 12.2. The average molecular weight is 652 g/mol. The summed E-state index contributed by atoms with van der Waals surface area (Å²) in [4.78, 5) is 43.6. The van der Waals surface area contributed by atoms with E-state index in [1.807, 2.05) is 24.3 Å². The SMILES string of the molecule is CC(N)=NCCNC(=O)c1cc2cc(-c3ccc4[nH]c5ccc(-c6ccc7[nH]c(C(=O)NCCN=C(C)N)cc7c6)cc5c4c3)ccc2[nH]1. The van der Waals surface area contributed by atoms with E-state index in [-0.39, 0.29) is 11.8 Å². The van der Waals surface area contributed by atoms with E-state index in [1.165, 1.54) is 0 Å². The number of aromatic amines is 3. The second-order valence-corrected chi connectivity index (χ2v) is 12.2. The summed E-state index contributed by atoms with van der Waals surface area (Å²) >= 11 is 0. The maximum absolute atomic E-state index is 12.7. The molecular weight excluding hydrogens is 614 g/mol. The molecule has 0 aliphatic heterocycles. The van der Waals surface area contributed by atoms with Gasteiger partial charge in [0.05, 0.1) is 24.8 Å². The van der Waals surface area contributed by atoms with Crippen LogP contribution in [-0.4, -0.2) is 64.6 Å². The number of nitrogens with two attached hydrogens (primary N) is 2. The molecule has 3 aromatic heterocycles. The largest absolute Gasteiger partial charge is 0.388 e. The molecule has 0 saturated heterocycles. The van der Waals surface area contributed by atoms with Crippen LogP contribution in [0.1, 0.15) is 34.8 Å². The molecule has 0 atom stereocenters. The molecule has 9 N–H and O–H groups in total. The van der Waals surface area contributed by atoms with Gasteiger partial charge in [0.1, 0.15) is 11.4 Å². The number of nitrogens with one attached hydrogen (secondary N) is 5. The van der Waals surface area contributed by atoms with Crippen LogP contribution in [0.25, 0.3) is 65.9 Å². The topological polar surface area (TPSA) is 182 Å². The van der Waals surface area contributed by atoms with Gasteiger partial charge in [-0.3, -0.25) is 19.6 Å². The van der Waals surface area contributed by atoms with Gasteiger partial charge in [0.15, 0.2) is 0 Å². The first-order valence-electron chi connectivity index (χ1n) is 16.1. The van der Waals surface area contributed by atoms with Gasteiger partial charge in [0.2, 0.25) is 0 Å². The molecule has 0 unspecified atom stereocenters. The Balaban J connectivity index is 1.14. The summed E-state index contributed by atoms with van der Waals surface area (Å²) in [6.45, 7) is 5.14. The van der Waals surface area contributed by atoms with E-state index in [2.05, 4.69) is 96.2 Å². The van der Waals surface area contributed by atoms with Gasteiger partial charge in [-0.25, -0.2) is 0 Å². The minimum absolute atomic E-state index is 0.181. The van der Waals surface area contributed by atoms with Crippen LogP contribution >= 0.6 is 0 Å². The van der Waals surface area contributed by atoms with Crippen LogP contribution in [0.3, 0.4) is 0 Å². The number of carbonyl (C=O) groups excluding carboxylic acids is 2. The van der Waals surface area contributed by atoms with Crippen LogP contribution in [0.2, 0.25) is 0 Å². The molecule has 0 aliphatic rings. The Morgan fingerprint density at radius 3 is 1.35 bits per heavy atom. The van der Waals surface area contributed by atoms with Crippen molar-refractivity contribution in [1.29, 1.82) is 0 Å². The van der Waals surface area contributed by atoms with Crippen LogP contribution in [0.15, 0.2) is 94.9 Å². The van der Waals surface area contributed by atoms with Crippen LogP contribution in [0, 0.1) is 0 Å². The minimum Gasteiger partial charge on any atom is -0.388 e. The molecule has 3 heterocycles. The Labute approximate surface area is 281 Å². The number of carbonyl (C=O) groups is 2. The van der Waals surface area contributed by atoms with Crippen molar-refractivity contribution in [1.82, 2.24) is 25.6 Å². The fraction of sp³-hybridized carbons (Fsp3) is 0.158. The van der Waals surface area contributed by atoms with Crippen LogP contribution < -0.4 is 22.1 Å². The number of nitrogens with zero attached hydrogens (tertiary/aromatic N) is 2. The smallest absolute Gasteiger partial charge is 0.267 e. The van der Waals surface area contributed by atoms with Gasteiger partial charge < -0.3 is 37.1 Å². The molecule has 49 heavy (non-hydrogen) atoms. The predicted octanol–water partition coefficient (Wildman–Crippen LogP) is 5.83. The van der Waals surface area contributed by atoms with E-state index in [9.17, 15) is 9.59 Å². The summed E-state index contributed by atoms with van der Waals surface area (Å²) in [5.41, 5.74) is 20.3. The lowest BCUT2D eigenvalue weighted by molar-refractivity contribution is 0.0942. The quantitative estimate of drug-likeness (QED) is 0.0558. The molecule has 0 aliphatic carbocycles.